The molecule has 0 aliphatic carbocycles. The van der Waals surface area contributed by atoms with Gasteiger partial charge in [-0.2, -0.15) is 13.2 Å². The van der Waals surface area contributed by atoms with Crippen molar-refractivity contribution in [3.63, 3.8) is 0 Å². The monoisotopic (exact) mass is 350 g/mol. The number of carboxylic acid groups (broad SMARTS) is 2. The van der Waals surface area contributed by atoms with E-state index < -0.39 is 58.5 Å². The SMILES string of the molecule is O=C([O-])CC(C(=O)[O-])C(=O)Oc1ncc(C(F)(F)F)cc1[N+](=O)[O-]. The lowest BCUT2D eigenvalue weighted by molar-refractivity contribution is -0.386. The molecule has 1 rings (SSSR count). The van der Waals surface area contributed by atoms with Crippen molar-refractivity contribution in [1.82, 2.24) is 4.98 Å². The number of halogens is 3. The number of nitrogens with zero attached hydrogens (tertiary/aromatic N) is 2. The molecule has 0 N–H and O–H groups in total. The number of nitro groups is 1. The Hall–Kier alpha value is -3.25. The van der Waals surface area contributed by atoms with E-state index in [0.717, 1.165) is 0 Å². The molecule has 1 atom stereocenters. The topological polar surface area (TPSA) is 163 Å². The first-order valence-electron chi connectivity index (χ1n) is 5.77. The third-order valence-corrected chi connectivity index (χ3v) is 2.49. The Bertz CT molecular complexity index is 703. The molecule has 24 heavy (non-hydrogen) atoms. The van der Waals surface area contributed by atoms with E-state index in [4.69, 9.17) is 0 Å². The normalized spacial score (nSPS) is 12.3. The van der Waals surface area contributed by atoms with Crippen LogP contribution in [0.2, 0.25) is 0 Å². The minimum atomic E-state index is -4.97. The first-order valence-corrected chi connectivity index (χ1v) is 5.77. The Morgan fingerprint density at radius 2 is 1.88 bits per heavy atom. The van der Waals surface area contributed by atoms with Crippen LogP contribution in [0.1, 0.15) is 12.0 Å². The fourth-order valence-electron chi connectivity index (χ4n) is 1.40. The van der Waals surface area contributed by atoms with Crippen molar-refractivity contribution in [3.05, 3.63) is 27.9 Å². The van der Waals surface area contributed by atoms with E-state index >= 15 is 0 Å². The zero-order valence-electron chi connectivity index (χ0n) is 11.2. The number of carbonyl (C=O) groups is 3. The Balaban J connectivity index is 3.18. The lowest BCUT2D eigenvalue weighted by atomic mass is 10.1. The van der Waals surface area contributed by atoms with Crippen LogP contribution in [0.5, 0.6) is 5.88 Å². The molecule has 0 saturated carbocycles. The zero-order chi connectivity index (χ0) is 18.7. The number of carboxylic acids is 2. The summed E-state index contributed by atoms with van der Waals surface area (Å²) in [4.78, 5) is 44.9. The summed E-state index contributed by atoms with van der Waals surface area (Å²) < 4.78 is 41.7. The molecule has 0 fully saturated rings. The van der Waals surface area contributed by atoms with Crippen molar-refractivity contribution in [3.8, 4) is 5.88 Å². The number of rotatable bonds is 6. The predicted octanol–water partition coefficient (Wildman–Crippen LogP) is -1.58. The average molecular weight is 350 g/mol. The van der Waals surface area contributed by atoms with Crippen molar-refractivity contribution in [1.29, 1.82) is 0 Å². The minimum absolute atomic E-state index is 0.0163. The van der Waals surface area contributed by atoms with Crippen molar-refractivity contribution >= 4 is 23.6 Å². The molecular weight excluding hydrogens is 345 g/mol. The van der Waals surface area contributed by atoms with Gasteiger partial charge < -0.3 is 24.5 Å². The summed E-state index contributed by atoms with van der Waals surface area (Å²) in [5, 5.41) is 31.7. The summed E-state index contributed by atoms with van der Waals surface area (Å²) in [7, 11) is 0. The number of carbonyl (C=O) groups excluding carboxylic acids is 3. The van der Waals surface area contributed by atoms with Crippen LogP contribution in [0, 0.1) is 16.0 Å². The van der Waals surface area contributed by atoms with E-state index in [1.165, 1.54) is 0 Å². The summed E-state index contributed by atoms with van der Waals surface area (Å²) in [5.74, 6) is -9.59. The van der Waals surface area contributed by atoms with Crippen molar-refractivity contribution < 1.29 is 47.4 Å². The highest BCUT2D eigenvalue weighted by atomic mass is 19.4. The molecule has 130 valence electrons. The van der Waals surface area contributed by atoms with Crippen LogP contribution in [-0.4, -0.2) is 27.8 Å². The van der Waals surface area contributed by atoms with E-state index in [0.29, 0.717) is 0 Å². The van der Waals surface area contributed by atoms with Crippen LogP contribution in [0.3, 0.4) is 0 Å². The predicted molar refractivity (Wildman–Crippen MR) is 59.6 cm³/mol. The summed E-state index contributed by atoms with van der Waals surface area (Å²) in [5.41, 5.74) is -2.89. The Kier molecular flexibility index (Phi) is 5.39. The zero-order valence-corrected chi connectivity index (χ0v) is 11.2. The maximum Gasteiger partial charge on any atom is 0.418 e. The number of hydrogen-bond acceptors (Lipinski definition) is 9. The molecule has 1 aromatic rings. The second-order valence-corrected chi connectivity index (χ2v) is 4.17. The molecule has 13 heteroatoms. The van der Waals surface area contributed by atoms with Crippen LogP contribution in [0.4, 0.5) is 18.9 Å². The second kappa shape index (κ2) is 6.89. The average Bonchev–Trinajstić information content (AvgIpc) is 2.43. The number of pyridine rings is 1. The number of hydrogen-bond donors (Lipinski definition) is 0. The highest BCUT2D eigenvalue weighted by Crippen LogP contribution is 2.34. The smallest absolute Gasteiger partial charge is 0.418 e. The molecule has 0 spiro atoms. The molecular formula is C11H5F3N2O8-2. The van der Waals surface area contributed by atoms with Crippen molar-refractivity contribution in [2.75, 3.05) is 0 Å². The number of ether oxygens (including phenoxy) is 1. The van der Waals surface area contributed by atoms with Crippen LogP contribution in [-0.2, 0) is 20.6 Å². The minimum Gasteiger partial charge on any atom is -0.550 e. The molecule has 0 saturated heterocycles. The molecule has 1 aromatic heterocycles. The van der Waals surface area contributed by atoms with E-state index in [-0.39, 0.29) is 12.3 Å². The van der Waals surface area contributed by atoms with E-state index in [1.807, 2.05) is 0 Å². The van der Waals surface area contributed by atoms with Gasteiger partial charge in [0.15, 0.2) is 0 Å². The molecule has 0 amide bonds. The standard InChI is InChI=1S/C11H7F3N2O8/c12-11(13,14)4-1-6(16(22)23)8(15-3-4)24-10(21)5(9(19)20)2-7(17)18/h1,3,5H,2H2,(H,17,18)(H,19,20)/p-2. The van der Waals surface area contributed by atoms with Crippen LogP contribution >= 0.6 is 0 Å². The molecule has 0 aliphatic rings. The highest BCUT2D eigenvalue weighted by Gasteiger charge is 2.35. The molecule has 0 aromatic carbocycles. The Labute approximate surface area is 129 Å². The van der Waals surface area contributed by atoms with Gasteiger partial charge in [-0.1, -0.05) is 0 Å². The van der Waals surface area contributed by atoms with E-state index in [1.54, 1.807) is 0 Å². The van der Waals surface area contributed by atoms with Gasteiger partial charge in [-0.05, 0) is 0 Å². The molecule has 0 bridgehead atoms. The summed E-state index contributed by atoms with van der Waals surface area (Å²) in [6, 6.07) is 0.0163. The van der Waals surface area contributed by atoms with Crippen molar-refractivity contribution in [2.24, 2.45) is 5.92 Å². The van der Waals surface area contributed by atoms with Gasteiger partial charge in [0.2, 0.25) is 0 Å². The third kappa shape index (κ3) is 4.62. The fourth-order valence-corrected chi connectivity index (χ4v) is 1.40. The van der Waals surface area contributed by atoms with Gasteiger partial charge in [0.05, 0.1) is 16.5 Å². The van der Waals surface area contributed by atoms with Crippen LogP contribution in [0.25, 0.3) is 0 Å². The van der Waals surface area contributed by atoms with Gasteiger partial charge in [0.25, 0.3) is 0 Å². The molecule has 1 unspecified atom stereocenters. The maximum atomic E-state index is 12.5. The first kappa shape index (κ1) is 18.8. The number of aliphatic carboxylic acids is 2. The summed E-state index contributed by atoms with van der Waals surface area (Å²) >= 11 is 0. The number of alkyl halides is 3. The van der Waals surface area contributed by atoms with Gasteiger partial charge in [-0.15, -0.1) is 0 Å². The van der Waals surface area contributed by atoms with Gasteiger partial charge in [-0.25, -0.2) is 4.98 Å². The molecule has 0 aliphatic heterocycles. The lowest BCUT2D eigenvalue weighted by Gasteiger charge is -2.16. The largest absolute Gasteiger partial charge is 0.550 e. The van der Waals surface area contributed by atoms with Crippen LogP contribution < -0.4 is 14.9 Å². The molecule has 1 heterocycles. The quantitative estimate of drug-likeness (QED) is 0.255. The van der Waals surface area contributed by atoms with Crippen molar-refractivity contribution in [2.45, 2.75) is 12.6 Å². The Morgan fingerprint density at radius 3 is 2.29 bits per heavy atom. The highest BCUT2D eigenvalue weighted by molar-refractivity contribution is 5.96. The first-order chi connectivity index (χ1) is 10.9. The van der Waals surface area contributed by atoms with E-state index in [9.17, 15) is 47.9 Å². The lowest BCUT2D eigenvalue weighted by Crippen LogP contribution is -2.42. The summed E-state index contributed by atoms with van der Waals surface area (Å²) in [6.45, 7) is 0. The molecule has 10 nitrogen and oxygen atoms in total. The van der Waals surface area contributed by atoms with Gasteiger partial charge in [0.1, 0.15) is 5.92 Å². The van der Waals surface area contributed by atoms with Gasteiger partial charge in [0, 0.05) is 24.7 Å². The van der Waals surface area contributed by atoms with E-state index in [2.05, 4.69) is 9.72 Å². The van der Waals surface area contributed by atoms with Gasteiger partial charge in [-0.3, -0.25) is 14.9 Å². The number of aromatic nitrogens is 1. The molecule has 0 radical (unpaired) electrons. The second-order valence-electron chi connectivity index (χ2n) is 4.17. The Morgan fingerprint density at radius 1 is 1.29 bits per heavy atom. The summed E-state index contributed by atoms with van der Waals surface area (Å²) in [6.07, 6.45) is -6.22. The fraction of sp³-hybridized carbons (Fsp3) is 0.273. The van der Waals surface area contributed by atoms with Crippen LogP contribution in [0.15, 0.2) is 12.3 Å². The third-order valence-electron chi connectivity index (χ3n) is 2.49. The maximum absolute atomic E-state index is 12.5. The van der Waals surface area contributed by atoms with Gasteiger partial charge >= 0.3 is 23.7 Å². The number of esters is 1.